The molecule has 1 aromatic rings. The minimum atomic E-state index is 0.555. The van der Waals surface area contributed by atoms with Gasteiger partial charge in [-0.25, -0.2) is 0 Å². The van der Waals surface area contributed by atoms with Crippen LogP contribution in [0.2, 0.25) is 5.02 Å². The molecule has 1 rings (SSSR count). The van der Waals surface area contributed by atoms with E-state index in [9.17, 15) is 0 Å². The van der Waals surface area contributed by atoms with Crippen LogP contribution < -0.4 is 5.73 Å². The molecule has 0 radical (unpaired) electrons. The van der Waals surface area contributed by atoms with E-state index in [0.29, 0.717) is 11.8 Å². The number of halogens is 1. The predicted octanol–water partition coefficient (Wildman–Crippen LogP) is 3.69. The van der Waals surface area contributed by atoms with Gasteiger partial charge < -0.3 is 5.73 Å². The Kier molecular flexibility index (Phi) is 4.79. The lowest BCUT2D eigenvalue weighted by molar-refractivity contribution is 0.902. The summed E-state index contributed by atoms with van der Waals surface area (Å²) in [5.74, 6) is 0. The molecule has 3 heteroatoms. The van der Waals surface area contributed by atoms with Gasteiger partial charge in [0.25, 0.3) is 0 Å². The lowest BCUT2D eigenvalue weighted by Crippen LogP contribution is -2.01. The Bertz CT molecular complexity index is 301. The zero-order valence-corrected chi connectivity index (χ0v) is 10.2. The van der Waals surface area contributed by atoms with E-state index in [2.05, 4.69) is 13.8 Å². The van der Waals surface area contributed by atoms with Crippen molar-refractivity contribution in [3.63, 3.8) is 0 Å². The largest absolute Gasteiger partial charge is 0.326 e. The van der Waals surface area contributed by atoms with Gasteiger partial charge in [0.15, 0.2) is 0 Å². The number of thioether (sulfide) groups is 1. The van der Waals surface area contributed by atoms with Crippen LogP contribution in [-0.4, -0.2) is 5.25 Å². The second-order valence-electron chi connectivity index (χ2n) is 3.27. The van der Waals surface area contributed by atoms with Crippen LogP contribution in [0, 0.1) is 0 Å². The highest BCUT2D eigenvalue weighted by Gasteiger charge is 2.09. The van der Waals surface area contributed by atoms with Crippen LogP contribution in [0.3, 0.4) is 0 Å². The second kappa shape index (κ2) is 5.64. The molecular formula is C11H16ClNS. The van der Waals surface area contributed by atoms with Crippen molar-refractivity contribution in [1.29, 1.82) is 0 Å². The molecule has 1 nitrogen and oxygen atoms in total. The Morgan fingerprint density at radius 1 is 1.50 bits per heavy atom. The maximum Gasteiger partial charge on any atom is 0.0545 e. The van der Waals surface area contributed by atoms with Gasteiger partial charge in [-0.2, -0.15) is 0 Å². The Balaban J connectivity index is 2.92. The summed E-state index contributed by atoms with van der Waals surface area (Å²) in [5, 5.41) is 1.40. The zero-order chi connectivity index (χ0) is 10.6. The van der Waals surface area contributed by atoms with Crippen LogP contribution >= 0.6 is 23.4 Å². The Morgan fingerprint density at radius 2 is 2.21 bits per heavy atom. The van der Waals surface area contributed by atoms with Crippen LogP contribution in [0.15, 0.2) is 23.1 Å². The molecule has 0 aliphatic heterocycles. The fourth-order valence-electron chi connectivity index (χ4n) is 1.13. The first-order valence-corrected chi connectivity index (χ1v) is 6.08. The third kappa shape index (κ3) is 2.91. The zero-order valence-electron chi connectivity index (χ0n) is 8.59. The van der Waals surface area contributed by atoms with Crippen LogP contribution in [0.5, 0.6) is 0 Å². The lowest BCUT2D eigenvalue weighted by Gasteiger charge is -2.13. The smallest absolute Gasteiger partial charge is 0.0545 e. The van der Waals surface area contributed by atoms with Gasteiger partial charge in [-0.15, -0.1) is 11.8 Å². The van der Waals surface area contributed by atoms with Crippen LogP contribution in [0.1, 0.15) is 25.8 Å². The molecule has 1 atom stereocenters. The van der Waals surface area contributed by atoms with Gasteiger partial charge in [-0.1, -0.05) is 37.6 Å². The molecule has 2 N–H and O–H groups in total. The Hall–Kier alpha value is -0.180. The molecule has 0 saturated heterocycles. The van der Waals surface area contributed by atoms with Gasteiger partial charge in [0.2, 0.25) is 0 Å². The van der Waals surface area contributed by atoms with Crippen molar-refractivity contribution in [2.24, 2.45) is 5.73 Å². The van der Waals surface area contributed by atoms with Crippen LogP contribution in [0.4, 0.5) is 0 Å². The second-order valence-corrected chi connectivity index (χ2v) is 5.12. The molecule has 0 aromatic heterocycles. The van der Waals surface area contributed by atoms with E-state index in [-0.39, 0.29) is 0 Å². The molecule has 0 bridgehead atoms. The third-order valence-electron chi connectivity index (χ3n) is 2.16. The molecule has 0 heterocycles. The van der Waals surface area contributed by atoms with Crippen molar-refractivity contribution >= 4 is 23.4 Å². The summed E-state index contributed by atoms with van der Waals surface area (Å²) in [6, 6.07) is 5.91. The van der Waals surface area contributed by atoms with Gasteiger partial charge in [0.05, 0.1) is 5.02 Å². The van der Waals surface area contributed by atoms with Crippen LogP contribution in [-0.2, 0) is 6.54 Å². The summed E-state index contributed by atoms with van der Waals surface area (Å²) in [6.45, 7) is 4.93. The average Bonchev–Trinajstić information content (AvgIpc) is 2.20. The highest BCUT2D eigenvalue weighted by molar-refractivity contribution is 8.00. The highest BCUT2D eigenvalue weighted by Crippen LogP contribution is 2.34. The minimum absolute atomic E-state index is 0.555. The summed E-state index contributed by atoms with van der Waals surface area (Å²) in [6.07, 6.45) is 1.14. The number of rotatable bonds is 4. The van der Waals surface area contributed by atoms with E-state index < -0.39 is 0 Å². The first-order chi connectivity index (χ1) is 6.69. The van der Waals surface area contributed by atoms with Gasteiger partial charge in [0.1, 0.15) is 0 Å². The van der Waals surface area contributed by atoms with E-state index in [1.807, 2.05) is 30.0 Å². The van der Waals surface area contributed by atoms with E-state index in [1.165, 1.54) is 0 Å². The molecule has 14 heavy (non-hydrogen) atoms. The average molecular weight is 230 g/mol. The predicted molar refractivity (Wildman–Crippen MR) is 65.0 cm³/mol. The maximum absolute atomic E-state index is 6.13. The summed E-state index contributed by atoms with van der Waals surface area (Å²) in [4.78, 5) is 1.14. The van der Waals surface area contributed by atoms with Gasteiger partial charge in [-0.05, 0) is 18.1 Å². The maximum atomic E-state index is 6.13. The number of benzene rings is 1. The van der Waals surface area contributed by atoms with E-state index >= 15 is 0 Å². The fourth-order valence-corrected chi connectivity index (χ4v) is 2.51. The summed E-state index contributed by atoms with van der Waals surface area (Å²) in [5.41, 5.74) is 6.81. The molecular weight excluding hydrogens is 214 g/mol. The molecule has 0 saturated carbocycles. The van der Waals surface area contributed by atoms with Gasteiger partial charge in [0, 0.05) is 16.7 Å². The van der Waals surface area contributed by atoms with Gasteiger partial charge >= 0.3 is 0 Å². The normalized spacial score (nSPS) is 12.9. The van der Waals surface area contributed by atoms with Crippen molar-refractivity contribution in [2.45, 2.75) is 37.0 Å². The quantitative estimate of drug-likeness (QED) is 0.797. The summed E-state index contributed by atoms with van der Waals surface area (Å²) < 4.78 is 0. The first-order valence-electron chi connectivity index (χ1n) is 4.83. The molecule has 1 aromatic carbocycles. The third-order valence-corrected chi connectivity index (χ3v) is 4.04. The molecule has 0 aliphatic carbocycles. The Morgan fingerprint density at radius 3 is 2.79 bits per heavy atom. The van der Waals surface area contributed by atoms with Crippen molar-refractivity contribution in [1.82, 2.24) is 0 Å². The van der Waals surface area contributed by atoms with Crippen molar-refractivity contribution in [2.75, 3.05) is 0 Å². The van der Waals surface area contributed by atoms with Crippen LogP contribution in [0.25, 0.3) is 0 Å². The molecule has 1 unspecified atom stereocenters. The van der Waals surface area contributed by atoms with E-state index in [1.54, 1.807) is 0 Å². The van der Waals surface area contributed by atoms with Gasteiger partial charge in [-0.3, -0.25) is 0 Å². The monoisotopic (exact) mass is 229 g/mol. The summed E-state index contributed by atoms with van der Waals surface area (Å²) >= 11 is 7.94. The minimum Gasteiger partial charge on any atom is -0.326 e. The molecule has 78 valence electrons. The van der Waals surface area contributed by atoms with Crippen molar-refractivity contribution in [3.05, 3.63) is 28.8 Å². The lowest BCUT2D eigenvalue weighted by atomic mass is 10.2. The highest BCUT2D eigenvalue weighted by atomic mass is 35.5. The standard InChI is InChI=1S/C11H16ClNS/c1-3-8(2)14-11-9(7-13)5-4-6-10(11)12/h4-6,8H,3,7,13H2,1-2H3. The topological polar surface area (TPSA) is 26.0 Å². The number of hydrogen-bond acceptors (Lipinski definition) is 2. The molecule has 0 amide bonds. The summed E-state index contributed by atoms with van der Waals surface area (Å²) in [7, 11) is 0. The first kappa shape index (κ1) is 11.9. The molecule has 0 fully saturated rings. The number of nitrogens with two attached hydrogens (primary N) is 1. The van der Waals surface area contributed by atoms with Crippen molar-refractivity contribution < 1.29 is 0 Å². The number of hydrogen-bond donors (Lipinski definition) is 1. The SMILES string of the molecule is CCC(C)Sc1c(Cl)cccc1CN. The Labute approximate surface area is 95.0 Å². The molecule has 0 spiro atoms. The fraction of sp³-hybridized carbons (Fsp3) is 0.455. The molecule has 0 aliphatic rings. The van der Waals surface area contributed by atoms with E-state index in [4.69, 9.17) is 17.3 Å². The van der Waals surface area contributed by atoms with Crippen molar-refractivity contribution in [3.8, 4) is 0 Å². The van der Waals surface area contributed by atoms with E-state index in [0.717, 1.165) is 21.9 Å².